The van der Waals surface area contributed by atoms with Gasteiger partial charge in [-0.2, -0.15) is 0 Å². The lowest BCUT2D eigenvalue weighted by Crippen LogP contribution is -2.59. The number of carbonyl (C=O) groups excluding carboxylic acids is 2. The molecule has 2 aromatic carbocycles. The molecule has 0 radical (unpaired) electrons. The third-order valence-corrected chi connectivity index (χ3v) is 8.17. The molecule has 0 unspecified atom stereocenters. The summed E-state index contributed by atoms with van der Waals surface area (Å²) >= 11 is 0. The van der Waals surface area contributed by atoms with Crippen LogP contribution in [0, 0.1) is 11.8 Å². The van der Waals surface area contributed by atoms with Gasteiger partial charge in [0.15, 0.2) is 17.1 Å². The van der Waals surface area contributed by atoms with E-state index in [2.05, 4.69) is 5.16 Å². The van der Waals surface area contributed by atoms with Gasteiger partial charge >= 0.3 is 0 Å². The highest BCUT2D eigenvalue weighted by Gasteiger charge is 2.64. The van der Waals surface area contributed by atoms with E-state index in [0.29, 0.717) is 11.3 Å². The van der Waals surface area contributed by atoms with Crippen molar-refractivity contribution in [1.82, 2.24) is 10.1 Å². The molecular weight excluding hydrogens is 504 g/mol. The highest BCUT2D eigenvalue weighted by molar-refractivity contribution is 6.16. The van der Waals surface area contributed by atoms with E-state index < -0.39 is 40.8 Å². The van der Waals surface area contributed by atoms with E-state index in [-0.39, 0.29) is 53.5 Å². The van der Waals surface area contributed by atoms with Crippen LogP contribution in [0.1, 0.15) is 50.1 Å². The Hall–Kier alpha value is -4.15. The van der Waals surface area contributed by atoms with Crippen LogP contribution < -0.4 is 9.47 Å². The van der Waals surface area contributed by atoms with Crippen LogP contribution in [0.3, 0.4) is 0 Å². The summed E-state index contributed by atoms with van der Waals surface area (Å²) in [5.74, 6) is -3.26. The number of aliphatic hydroxyl groups is 2. The largest absolute Gasteiger partial charge is 0.508 e. The Morgan fingerprint density at radius 1 is 1.10 bits per heavy atom. The fourth-order valence-electron chi connectivity index (χ4n) is 6.42. The second-order valence-electron chi connectivity index (χ2n) is 10.5. The Kier molecular flexibility index (Phi) is 5.78. The number of allylic oxidation sites excluding steroid dienone is 1. The van der Waals surface area contributed by atoms with E-state index in [0.717, 1.165) is 5.56 Å². The molecule has 3 aromatic rings. The van der Waals surface area contributed by atoms with Gasteiger partial charge in [0.05, 0.1) is 18.7 Å². The van der Waals surface area contributed by atoms with Crippen LogP contribution in [0.4, 0.5) is 0 Å². The topological polar surface area (TPSA) is 143 Å². The van der Waals surface area contributed by atoms with Crippen LogP contribution in [0.25, 0.3) is 0 Å². The zero-order valence-electron chi connectivity index (χ0n) is 21.7. The van der Waals surface area contributed by atoms with Gasteiger partial charge in [-0.3, -0.25) is 14.5 Å². The van der Waals surface area contributed by atoms with E-state index >= 15 is 0 Å². The molecule has 39 heavy (non-hydrogen) atoms. The molecule has 3 aliphatic rings. The molecule has 1 heterocycles. The highest BCUT2D eigenvalue weighted by Crippen LogP contribution is 2.56. The molecule has 10 heteroatoms. The predicted molar refractivity (Wildman–Crippen MR) is 137 cm³/mol. The number of methoxy groups -OCH3 is 1. The van der Waals surface area contributed by atoms with Crippen molar-refractivity contribution < 1.29 is 38.9 Å². The first-order valence-corrected chi connectivity index (χ1v) is 12.6. The van der Waals surface area contributed by atoms with Crippen molar-refractivity contribution in [1.29, 1.82) is 0 Å². The Morgan fingerprint density at radius 3 is 2.54 bits per heavy atom. The number of ether oxygens (including phenoxy) is 2. The van der Waals surface area contributed by atoms with Crippen molar-refractivity contribution in [2.75, 3.05) is 21.2 Å². The van der Waals surface area contributed by atoms with E-state index in [1.165, 1.54) is 13.2 Å². The second kappa shape index (κ2) is 8.96. The number of nitrogens with zero attached hydrogens (tertiary/aromatic N) is 2. The molecule has 3 aliphatic carbocycles. The summed E-state index contributed by atoms with van der Waals surface area (Å²) in [6.45, 7) is 0.104. The van der Waals surface area contributed by atoms with Crippen molar-refractivity contribution in [2.45, 2.75) is 31.1 Å². The summed E-state index contributed by atoms with van der Waals surface area (Å²) in [5.41, 5.74) is -1.21. The molecule has 0 saturated heterocycles. The average molecular weight is 533 g/mol. The number of fused-ring (bicyclic) bond motifs is 4. The number of aliphatic hydroxyl groups excluding tert-OH is 1. The van der Waals surface area contributed by atoms with Gasteiger partial charge in [-0.05, 0) is 55.7 Å². The lowest BCUT2D eigenvalue weighted by molar-refractivity contribution is -0.0559. The zero-order valence-corrected chi connectivity index (χ0v) is 21.7. The molecule has 1 aromatic heterocycles. The lowest BCUT2D eigenvalue weighted by Gasteiger charge is -2.49. The standard InChI is InChI=1S/C29H28N2O8/c1-31(2)23-17-12-15-11-16-19(37-3)10-9-18(32)21(16)24(33)20(15)26(34)29(17,36)27(35)22-25(23)39-30-28(22)38-13-14-7-5-4-6-8-14/h4-10,15,17,23,32,34,36H,11-13H2,1-3H3/t15-,17-,23-,29-/m0/s1. The maximum atomic E-state index is 14.0. The number of Topliss-reactive ketones (excluding diaryl/α,β-unsaturated/α-hetero) is 2. The molecule has 0 amide bonds. The lowest BCUT2D eigenvalue weighted by atomic mass is 9.58. The van der Waals surface area contributed by atoms with E-state index in [4.69, 9.17) is 14.0 Å². The number of ketones is 2. The number of phenols is 1. The Bertz CT molecular complexity index is 1530. The summed E-state index contributed by atoms with van der Waals surface area (Å²) in [6.07, 6.45) is 0.461. The van der Waals surface area contributed by atoms with Gasteiger partial charge in [-0.1, -0.05) is 30.3 Å². The number of rotatable bonds is 5. The fraction of sp³-hybridized carbons (Fsp3) is 0.345. The molecule has 0 saturated carbocycles. The van der Waals surface area contributed by atoms with E-state index in [1.54, 1.807) is 25.1 Å². The number of carbonyl (C=O) groups is 2. The maximum Gasteiger partial charge on any atom is 0.265 e. The highest BCUT2D eigenvalue weighted by atomic mass is 16.5. The Balaban J connectivity index is 1.47. The number of hydrogen-bond donors (Lipinski definition) is 3. The molecule has 4 atom stereocenters. The van der Waals surface area contributed by atoms with Gasteiger partial charge in [0.25, 0.3) is 5.88 Å². The SMILES string of the molecule is COc1ccc(O)c2c1C[C@H]1C[C@H]3[C@H](N(C)C)c4onc(OCc5ccccc5)c4C(=O)[C@@]3(O)C(O)=C1C2=O. The molecule has 6 rings (SSSR count). The first-order valence-electron chi connectivity index (χ1n) is 12.6. The molecule has 0 bridgehead atoms. The number of benzene rings is 2. The summed E-state index contributed by atoms with van der Waals surface area (Å²) in [7, 11) is 5.02. The molecular formula is C29H28N2O8. The average Bonchev–Trinajstić information content (AvgIpc) is 3.33. The summed E-state index contributed by atoms with van der Waals surface area (Å²) in [4.78, 5) is 29.5. The zero-order chi connectivity index (χ0) is 27.6. The quantitative estimate of drug-likeness (QED) is 0.447. The number of hydrogen-bond acceptors (Lipinski definition) is 10. The second-order valence-corrected chi connectivity index (χ2v) is 10.5. The first-order chi connectivity index (χ1) is 18.7. The van der Waals surface area contributed by atoms with E-state index in [1.807, 2.05) is 30.3 Å². The Morgan fingerprint density at radius 2 is 1.85 bits per heavy atom. The van der Waals surface area contributed by atoms with Gasteiger partial charge in [0.2, 0.25) is 5.78 Å². The van der Waals surface area contributed by atoms with Gasteiger partial charge in [-0.25, -0.2) is 0 Å². The van der Waals surface area contributed by atoms with Crippen molar-refractivity contribution in [3.63, 3.8) is 0 Å². The number of aromatic hydroxyl groups is 1. The molecule has 0 aliphatic heterocycles. The van der Waals surface area contributed by atoms with Crippen molar-refractivity contribution in [3.05, 3.63) is 81.8 Å². The van der Waals surface area contributed by atoms with Crippen molar-refractivity contribution in [3.8, 4) is 17.4 Å². The van der Waals surface area contributed by atoms with Crippen LogP contribution in [0.5, 0.6) is 17.4 Å². The molecule has 0 spiro atoms. The monoisotopic (exact) mass is 532 g/mol. The van der Waals surface area contributed by atoms with Crippen LogP contribution in [0.2, 0.25) is 0 Å². The molecule has 0 fully saturated rings. The predicted octanol–water partition coefficient (Wildman–Crippen LogP) is 3.39. The minimum absolute atomic E-state index is 0.000770. The fourth-order valence-corrected chi connectivity index (χ4v) is 6.42. The van der Waals surface area contributed by atoms with Crippen molar-refractivity contribution >= 4 is 11.6 Å². The van der Waals surface area contributed by atoms with E-state index in [9.17, 15) is 24.9 Å². The maximum absolute atomic E-state index is 14.0. The van der Waals surface area contributed by atoms with Gasteiger partial charge in [0, 0.05) is 17.1 Å². The third-order valence-electron chi connectivity index (χ3n) is 8.17. The van der Waals surface area contributed by atoms with Gasteiger partial charge in [-0.15, -0.1) is 0 Å². The summed E-state index contributed by atoms with van der Waals surface area (Å²) < 4.78 is 16.9. The first kappa shape index (κ1) is 25.1. The minimum atomic E-state index is -2.42. The third kappa shape index (κ3) is 3.51. The summed E-state index contributed by atoms with van der Waals surface area (Å²) in [5, 5.41) is 38.2. The van der Waals surface area contributed by atoms with Crippen LogP contribution in [0.15, 0.2) is 58.3 Å². The molecule has 3 N–H and O–H groups in total. The van der Waals surface area contributed by atoms with Crippen LogP contribution in [-0.4, -0.2) is 63.7 Å². The molecule has 10 nitrogen and oxygen atoms in total. The summed E-state index contributed by atoms with van der Waals surface area (Å²) in [6, 6.07) is 11.6. The minimum Gasteiger partial charge on any atom is -0.508 e. The molecule has 202 valence electrons. The van der Waals surface area contributed by atoms with Gasteiger partial charge < -0.3 is 29.3 Å². The van der Waals surface area contributed by atoms with Crippen LogP contribution >= 0.6 is 0 Å². The van der Waals surface area contributed by atoms with Crippen molar-refractivity contribution in [2.24, 2.45) is 11.8 Å². The normalized spacial score (nSPS) is 25.6. The van der Waals surface area contributed by atoms with Gasteiger partial charge in [0.1, 0.15) is 29.4 Å². The number of aromatic nitrogens is 1. The smallest absolute Gasteiger partial charge is 0.265 e. The number of phenolic OH excluding ortho intramolecular Hbond substituents is 1. The Labute approximate surface area is 224 Å². The van der Waals surface area contributed by atoms with Crippen LogP contribution in [-0.2, 0) is 13.0 Å².